The highest BCUT2D eigenvalue weighted by Crippen LogP contribution is 2.61. The maximum Gasteiger partial charge on any atom is 0.192 e. The van der Waals surface area contributed by atoms with Gasteiger partial charge in [0.15, 0.2) is 8.32 Å². The average molecular weight is 495 g/mol. The molecule has 2 fully saturated rings. The molecule has 2 rings (SSSR count). The molecule has 34 heavy (non-hydrogen) atoms. The number of ether oxygens (including phenoxy) is 2. The summed E-state index contributed by atoms with van der Waals surface area (Å²) in [6.07, 6.45) is 10.1. The Balaban J connectivity index is 2.31. The molecule has 4 nitrogen and oxygen atoms in total. The molecule has 0 aromatic rings. The lowest BCUT2D eigenvalue weighted by Crippen LogP contribution is -2.60. The maximum atomic E-state index is 11.6. The van der Waals surface area contributed by atoms with E-state index in [0.717, 1.165) is 44.1 Å². The van der Waals surface area contributed by atoms with E-state index in [1.807, 2.05) is 13.2 Å². The van der Waals surface area contributed by atoms with E-state index < -0.39 is 14.4 Å². The Morgan fingerprint density at radius 3 is 2.41 bits per heavy atom. The zero-order valence-electron chi connectivity index (χ0n) is 23.9. The Hall–Kier alpha value is -0.623. The third kappa shape index (κ3) is 6.57. The number of fused-ring (bicyclic) bond motifs is 1. The minimum atomic E-state index is -1.90. The van der Waals surface area contributed by atoms with Gasteiger partial charge in [0.25, 0.3) is 0 Å². The molecule has 2 saturated carbocycles. The van der Waals surface area contributed by atoms with Crippen molar-refractivity contribution in [3.63, 3.8) is 0 Å². The van der Waals surface area contributed by atoms with Gasteiger partial charge in [-0.2, -0.15) is 0 Å². The fourth-order valence-corrected chi connectivity index (χ4v) is 7.51. The molecule has 198 valence electrons. The van der Waals surface area contributed by atoms with Crippen LogP contribution in [0.4, 0.5) is 0 Å². The minimum Gasteiger partial charge on any atom is -0.499 e. The molecular formula is C29H54O4Si. The molecule has 2 aliphatic rings. The van der Waals surface area contributed by atoms with Crippen molar-refractivity contribution in [1.82, 2.24) is 0 Å². The van der Waals surface area contributed by atoms with Gasteiger partial charge in [-0.3, -0.25) is 0 Å². The number of aliphatic hydroxyl groups is 1. The predicted molar refractivity (Wildman–Crippen MR) is 145 cm³/mol. The van der Waals surface area contributed by atoms with Crippen molar-refractivity contribution >= 4 is 8.32 Å². The van der Waals surface area contributed by atoms with E-state index in [4.69, 9.17) is 13.9 Å². The molecule has 0 aromatic heterocycles. The zero-order valence-corrected chi connectivity index (χ0v) is 24.9. The predicted octanol–water partition coefficient (Wildman–Crippen LogP) is 7.64. The molecule has 5 atom stereocenters. The van der Waals surface area contributed by atoms with Crippen LogP contribution in [-0.4, -0.2) is 45.5 Å². The van der Waals surface area contributed by atoms with Gasteiger partial charge in [0.2, 0.25) is 0 Å². The van der Waals surface area contributed by atoms with E-state index >= 15 is 0 Å². The van der Waals surface area contributed by atoms with Crippen molar-refractivity contribution < 1.29 is 19.0 Å². The van der Waals surface area contributed by atoms with Crippen molar-refractivity contribution in [3.05, 3.63) is 23.5 Å². The topological polar surface area (TPSA) is 47.9 Å². The quantitative estimate of drug-likeness (QED) is 0.147. The van der Waals surface area contributed by atoms with Gasteiger partial charge < -0.3 is 19.0 Å². The van der Waals surface area contributed by atoms with Crippen molar-refractivity contribution in [2.24, 2.45) is 16.7 Å². The monoisotopic (exact) mass is 494 g/mol. The van der Waals surface area contributed by atoms with Crippen LogP contribution in [0.5, 0.6) is 0 Å². The Kier molecular flexibility index (Phi) is 10.1. The Morgan fingerprint density at radius 2 is 1.82 bits per heavy atom. The molecule has 0 unspecified atom stereocenters. The third-order valence-electron chi connectivity index (χ3n) is 9.23. The zero-order chi connectivity index (χ0) is 25.8. The molecule has 0 saturated heterocycles. The van der Waals surface area contributed by atoms with E-state index in [-0.39, 0.29) is 22.0 Å². The van der Waals surface area contributed by atoms with Crippen LogP contribution in [0.2, 0.25) is 18.1 Å². The van der Waals surface area contributed by atoms with E-state index in [2.05, 4.69) is 67.6 Å². The smallest absolute Gasteiger partial charge is 0.192 e. The number of hydrogen-bond donors (Lipinski definition) is 1. The second-order valence-electron chi connectivity index (χ2n) is 13.0. The summed E-state index contributed by atoms with van der Waals surface area (Å²) in [5.41, 5.74) is 2.31. The average Bonchev–Trinajstić information content (AvgIpc) is 2.72. The first-order valence-electron chi connectivity index (χ1n) is 13.6. The van der Waals surface area contributed by atoms with Crippen molar-refractivity contribution in [1.29, 1.82) is 0 Å². The van der Waals surface area contributed by atoms with Crippen LogP contribution in [0.15, 0.2) is 23.5 Å². The van der Waals surface area contributed by atoms with Gasteiger partial charge in [0, 0.05) is 12.0 Å². The summed E-state index contributed by atoms with van der Waals surface area (Å²) in [6.45, 7) is 24.7. The van der Waals surface area contributed by atoms with Crippen molar-refractivity contribution in [2.75, 3.05) is 19.8 Å². The summed E-state index contributed by atoms with van der Waals surface area (Å²) >= 11 is 0. The number of rotatable bonds is 10. The highest BCUT2D eigenvalue weighted by molar-refractivity contribution is 6.74. The molecule has 1 N–H and O–H groups in total. The largest absolute Gasteiger partial charge is 0.499 e. The maximum absolute atomic E-state index is 11.6. The van der Waals surface area contributed by atoms with Gasteiger partial charge >= 0.3 is 0 Å². The van der Waals surface area contributed by atoms with Crippen LogP contribution in [0, 0.1) is 16.7 Å². The second kappa shape index (κ2) is 11.6. The molecule has 0 aliphatic heterocycles. The molecular weight excluding hydrogens is 440 g/mol. The van der Waals surface area contributed by atoms with Gasteiger partial charge in [0.1, 0.15) is 6.61 Å². The van der Waals surface area contributed by atoms with Crippen LogP contribution in [-0.2, 0) is 13.9 Å². The van der Waals surface area contributed by atoms with Gasteiger partial charge in [-0.25, -0.2) is 0 Å². The number of aliphatic hydroxyl groups excluding tert-OH is 1. The highest BCUT2D eigenvalue weighted by Gasteiger charge is 2.59. The van der Waals surface area contributed by atoms with E-state index in [0.29, 0.717) is 25.7 Å². The summed E-state index contributed by atoms with van der Waals surface area (Å²) in [6, 6.07) is 0. The van der Waals surface area contributed by atoms with Crippen molar-refractivity contribution in [2.45, 2.75) is 124 Å². The van der Waals surface area contributed by atoms with Crippen LogP contribution in [0.3, 0.4) is 0 Å². The summed E-state index contributed by atoms with van der Waals surface area (Å²) in [5.74, 6) is 0.421. The molecule has 5 heteroatoms. The van der Waals surface area contributed by atoms with Crippen LogP contribution in [0.25, 0.3) is 0 Å². The van der Waals surface area contributed by atoms with Gasteiger partial charge in [-0.05, 0) is 94.3 Å². The van der Waals surface area contributed by atoms with Gasteiger partial charge in [0.05, 0.1) is 25.1 Å². The van der Waals surface area contributed by atoms with Crippen LogP contribution < -0.4 is 0 Å². The van der Waals surface area contributed by atoms with Crippen molar-refractivity contribution in [3.8, 4) is 0 Å². The van der Waals surface area contributed by atoms with Gasteiger partial charge in [-0.15, -0.1) is 0 Å². The lowest BCUT2D eigenvalue weighted by molar-refractivity contribution is -0.150. The standard InChI is InChI=1S/C29H54O4Si/c1-11-31-19-20-32-21-23-14-15-24-28(7,17-12-13-22(2)3)25(16-18-29(24,8)26(23)30)33-34(9,10)27(4,5)6/h13,21,24-26,30H,11-12,14-20H2,1-10H3/b23-21-/t24-,25-,26-,28-,29-/m0/s1. The minimum absolute atomic E-state index is 0.0385. The second-order valence-corrected chi connectivity index (χ2v) is 17.7. The first-order valence-corrected chi connectivity index (χ1v) is 16.5. The van der Waals surface area contributed by atoms with E-state index in [1.165, 1.54) is 5.57 Å². The fourth-order valence-electron chi connectivity index (χ4n) is 6.06. The SMILES string of the molecule is CCOCCO/C=C1/CC[C@H]2[C@](C)(CCC=C(C)C)[C@@H](O[Si](C)(C)C(C)(C)C)CC[C@]2(C)[C@H]1O. The van der Waals surface area contributed by atoms with Gasteiger partial charge in [-0.1, -0.05) is 46.3 Å². The molecule has 2 aliphatic carbocycles. The third-order valence-corrected chi connectivity index (χ3v) is 13.7. The Bertz CT molecular complexity index is 718. The Labute approximate surface area is 211 Å². The normalized spacial score (nSPS) is 33.5. The fraction of sp³-hybridized carbons (Fsp3) is 0.862. The van der Waals surface area contributed by atoms with Crippen LogP contribution >= 0.6 is 0 Å². The molecule has 0 aromatic carbocycles. The summed E-state index contributed by atoms with van der Waals surface area (Å²) in [7, 11) is -1.90. The van der Waals surface area contributed by atoms with E-state index in [9.17, 15) is 5.11 Å². The molecule has 0 radical (unpaired) electrons. The highest BCUT2D eigenvalue weighted by atomic mass is 28.4. The summed E-state index contributed by atoms with van der Waals surface area (Å²) in [4.78, 5) is 0. The molecule has 0 spiro atoms. The van der Waals surface area contributed by atoms with E-state index in [1.54, 1.807) is 0 Å². The molecule has 0 amide bonds. The molecule has 0 heterocycles. The number of allylic oxidation sites excluding steroid dienone is 2. The lowest BCUT2D eigenvalue weighted by atomic mass is 9.48. The lowest BCUT2D eigenvalue weighted by Gasteiger charge is -2.61. The first kappa shape index (κ1) is 29.6. The summed E-state index contributed by atoms with van der Waals surface area (Å²) < 4.78 is 18.3. The Morgan fingerprint density at radius 1 is 1.15 bits per heavy atom. The summed E-state index contributed by atoms with van der Waals surface area (Å²) in [5, 5.41) is 11.8. The number of hydrogen-bond acceptors (Lipinski definition) is 4. The first-order chi connectivity index (χ1) is 15.7. The van der Waals surface area contributed by atoms with Crippen LogP contribution in [0.1, 0.15) is 93.9 Å². The molecule has 0 bridgehead atoms.